The summed E-state index contributed by atoms with van der Waals surface area (Å²) in [5, 5.41) is 12.2. The van der Waals surface area contributed by atoms with Crippen LogP contribution in [0.25, 0.3) is 10.2 Å². The van der Waals surface area contributed by atoms with Crippen molar-refractivity contribution >= 4 is 62.3 Å². The fourth-order valence-corrected chi connectivity index (χ4v) is 4.64. The van der Waals surface area contributed by atoms with Crippen LogP contribution in [0.15, 0.2) is 36.4 Å². The Hall–Kier alpha value is -2.30. The number of halogens is 2. The number of amides is 1. The largest absolute Gasteiger partial charge is 0.379 e. The molecule has 0 aliphatic carbocycles. The predicted octanol–water partition coefficient (Wildman–Crippen LogP) is 4.57. The minimum Gasteiger partial charge on any atom is -0.379 e. The molecule has 2 heterocycles. The van der Waals surface area contributed by atoms with Gasteiger partial charge in [0.2, 0.25) is 0 Å². The fourth-order valence-electron chi connectivity index (χ4n) is 3.44. The van der Waals surface area contributed by atoms with Crippen LogP contribution in [-0.2, 0) is 4.74 Å². The van der Waals surface area contributed by atoms with Crippen LogP contribution >= 0.6 is 35.3 Å². The Labute approximate surface area is 200 Å². The first-order valence-corrected chi connectivity index (χ1v) is 11.1. The summed E-state index contributed by atoms with van der Waals surface area (Å²) in [5.74, 6) is -0.244. The van der Waals surface area contributed by atoms with Gasteiger partial charge in [0.15, 0.2) is 5.13 Å². The second-order valence-electron chi connectivity index (χ2n) is 7.23. The van der Waals surface area contributed by atoms with Gasteiger partial charge in [0.05, 0.1) is 28.4 Å². The normalized spacial score (nSPS) is 14.2. The topological polar surface area (TPSA) is 88.8 Å². The van der Waals surface area contributed by atoms with Crippen LogP contribution < -0.4 is 4.90 Å². The maximum absolute atomic E-state index is 13.4. The number of carbonyl (C=O) groups is 1. The number of benzene rings is 2. The molecule has 0 atom stereocenters. The van der Waals surface area contributed by atoms with Gasteiger partial charge in [0, 0.05) is 48.9 Å². The number of nitrogens with zero attached hydrogens (tertiary/aromatic N) is 4. The van der Waals surface area contributed by atoms with Gasteiger partial charge in [-0.05, 0) is 36.8 Å². The summed E-state index contributed by atoms with van der Waals surface area (Å²) in [4.78, 5) is 32.5. The highest BCUT2D eigenvalue weighted by Gasteiger charge is 2.24. The Kier molecular flexibility index (Phi) is 8.02. The van der Waals surface area contributed by atoms with E-state index in [4.69, 9.17) is 21.3 Å². The first kappa shape index (κ1) is 24.3. The molecule has 1 saturated heterocycles. The van der Waals surface area contributed by atoms with Crippen LogP contribution in [-0.4, -0.2) is 60.1 Å². The van der Waals surface area contributed by atoms with Crippen molar-refractivity contribution in [1.29, 1.82) is 0 Å². The molecule has 0 N–H and O–H groups in total. The van der Waals surface area contributed by atoms with Crippen molar-refractivity contribution < 1.29 is 14.5 Å². The number of nitro groups is 1. The van der Waals surface area contributed by atoms with Gasteiger partial charge in [-0.15, -0.1) is 12.4 Å². The van der Waals surface area contributed by atoms with Gasteiger partial charge in [0.1, 0.15) is 0 Å². The van der Waals surface area contributed by atoms with Crippen molar-refractivity contribution in [3.8, 4) is 0 Å². The zero-order valence-corrected chi connectivity index (χ0v) is 19.7. The number of anilines is 1. The molecule has 8 nitrogen and oxygen atoms in total. The van der Waals surface area contributed by atoms with Crippen molar-refractivity contribution in [2.45, 2.75) is 6.92 Å². The van der Waals surface area contributed by atoms with Gasteiger partial charge in [-0.3, -0.25) is 24.7 Å². The lowest BCUT2D eigenvalue weighted by atomic mass is 10.2. The van der Waals surface area contributed by atoms with Gasteiger partial charge in [-0.25, -0.2) is 4.98 Å². The third-order valence-corrected chi connectivity index (χ3v) is 6.73. The monoisotopic (exact) mass is 496 g/mol. The number of ether oxygens (including phenoxy) is 1. The van der Waals surface area contributed by atoms with E-state index in [1.165, 1.54) is 35.6 Å². The molecule has 2 aromatic carbocycles. The fraction of sp³-hybridized carbons (Fsp3) is 0.333. The highest BCUT2D eigenvalue weighted by Crippen LogP contribution is 2.34. The predicted molar refractivity (Wildman–Crippen MR) is 129 cm³/mol. The van der Waals surface area contributed by atoms with Gasteiger partial charge in [0.25, 0.3) is 11.6 Å². The standard InChI is InChI=1S/C21H21ClN4O4S.ClH/c1-14-17(22)6-7-18-19(14)23-21(31-18)25(9-8-24-10-12-30-13-11-24)20(27)15-2-4-16(5-3-15)26(28)29;/h2-7H,8-13H2,1H3;1H. The van der Waals surface area contributed by atoms with E-state index in [9.17, 15) is 14.9 Å². The molecule has 1 amide bonds. The van der Waals surface area contributed by atoms with E-state index in [2.05, 4.69) is 4.90 Å². The number of nitro benzene ring substituents is 1. The zero-order valence-electron chi connectivity index (χ0n) is 17.3. The van der Waals surface area contributed by atoms with Crippen molar-refractivity contribution in [1.82, 2.24) is 9.88 Å². The SMILES string of the molecule is Cc1c(Cl)ccc2sc(N(CCN3CCOCC3)C(=O)c3ccc([N+](=O)[O-])cc3)nc12.Cl. The third kappa shape index (κ3) is 5.19. The number of carbonyl (C=O) groups excluding carboxylic acids is 1. The van der Waals surface area contributed by atoms with Crippen molar-refractivity contribution in [2.75, 3.05) is 44.3 Å². The Morgan fingerprint density at radius 3 is 2.59 bits per heavy atom. The van der Waals surface area contributed by atoms with Crippen molar-refractivity contribution in [2.24, 2.45) is 0 Å². The Morgan fingerprint density at radius 1 is 1.25 bits per heavy atom. The van der Waals surface area contributed by atoms with Crippen LogP contribution in [0.5, 0.6) is 0 Å². The van der Waals surface area contributed by atoms with Crippen LogP contribution in [0.2, 0.25) is 5.02 Å². The van der Waals surface area contributed by atoms with Gasteiger partial charge in [-0.1, -0.05) is 22.9 Å². The van der Waals surface area contributed by atoms with Crippen LogP contribution in [0.1, 0.15) is 15.9 Å². The summed E-state index contributed by atoms with van der Waals surface area (Å²) in [6, 6.07) is 9.39. The minimum atomic E-state index is -0.482. The molecule has 1 aliphatic rings. The van der Waals surface area contributed by atoms with Gasteiger partial charge < -0.3 is 4.74 Å². The molecule has 170 valence electrons. The highest BCUT2D eigenvalue weighted by atomic mass is 35.5. The molecule has 4 rings (SSSR count). The number of fused-ring (bicyclic) bond motifs is 1. The summed E-state index contributed by atoms with van der Waals surface area (Å²) in [5.41, 5.74) is 1.97. The van der Waals surface area contributed by atoms with E-state index in [-0.39, 0.29) is 24.0 Å². The number of rotatable bonds is 6. The Bertz CT molecular complexity index is 1120. The van der Waals surface area contributed by atoms with Crippen molar-refractivity contribution in [3.63, 3.8) is 0 Å². The van der Waals surface area contributed by atoms with E-state index in [0.717, 1.165) is 28.9 Å². The molecule has 0 unspecified atom stereocenters. The number of hydrogen-bond donors (Lipinski definition) is 0. The molecular formula is C21H22Cl2N4O4S. The molecule has 11 heteroatoms. The zero-order chi connectivity index (χ0) is 22.0. The Morgan fingerprint density at radius 2 is 1.94 bits per heavy atom. The lowest BCUT2D eigenvalue weighted by Crippen LogP contribution is -2.43. The second-order valence-corrected chi connectivity index (χ2v) is 8.65. The number of aryl methyl sites for hydroxylation is 1. The summed E-state index contributed by atoms with van der Waals surface area (Å²) >= 11 is 7.68. The highest BCUT2D eigenvalue weighted by molar-refractivity contribution is 7.22. The van der Waals surface area contributed by atoms with Crippen LogP contribution in [0.3, 0.4) is 0 Å². The number of non-ortho nitro benzene ring substituents is 1. The van der Waals surface area contributed by atoms with Gasteiger partial charge in [-0.2, -0.15) is 0 Å². The molecule has 1 aromatic heterocycles. The summed E-state index contributed by atoms with van der Waals surface area (Å²) in [6.07, 6.45) is 0. The number of thiazole rings is 1. The number of hydrogen-bond acceptors (Lipinski definition) is 7. The van der Waals surface area contributed by atoms with Crippen LogP contribution in [0, 0.1) is 17.0 Å². The number of morpholine rings is 1. The van der Waals surface area contributed by atoms with E-state index >= 15 is 0 Å². The first-order chi connectivity index (χ1) is 14.9. The average molecular weight is 497 g/mol. The summed E-state index contributed by atoms with van der Waals surface area (Å²) in [6.45, 7) is 6.01. The van der Waals surface area contributed by atoms with Crippen molar-refractivity contribution in [3.05, 3.63) is 62.7 Å². The molecule has 0 radical (unpaired) electrons. The molecule has 1 fully saturated rings. The summed E-state index contributed by atoms with van der Waals surface area (Å²) in [7, 11) is 0. The van der Waals surface area contributed by atoms with Gasteiger partial charge >= 0.3 is 0 Å². The summed E-state index contributed by atoms with van der Waals surface area (Å²) < 4.78 is 6.35. The minimum absolute atomic E-state index is 0. The lowest BCUT2D eigenvalue weighted by Gasteiger charge is -2.29. The Balaban J connectivity index is 0.00000289. The van der Waals surface area contributed by atoms with E-state index in [1.807, 2.05) is 19.1 Å². The molecular weight excluding hydrogens is 475 g/mol. The maximum Gasteiger partial charge on any atom is 0.269 e. The average Bonchev–Trinajstić information content (AvgIpc) is 3.22. The quantitative estimate of drug-likeness (QED) is 0.366. The lowest BCUT2D eigenvalue weighted by molar-refractivity contribution is -0.384. The van der Waals surface area contributed by atoms with Crippen LogP contribution in [0.4, 0.5) is 10.8 Å². The maximum atomic E-state index is 13.4. The number of aromatic nitrogens is 1. The molecule has 0 spiro atoms. The molecule has 0 bridgehead atoms. The van der Waals surface area contributed by atoms with E-state index in [0.29, 0.717) is 42.0 Å². The van der Waals surface area contributed by atoms with E-state index in [1.54, 1.807) is 4.90 Å². The molecule has 0 saturated carbocycles. The second kappa shape index (κ2) is 10.5. The van der Waals surface area contributed by atoms with E-state index < -0.39 is 4.92 Å². The smallest absolute Gasteiger partial charge is 0.269 e. The third-order valence-electron chi connectivity index (χ3n) is 5.28. The molecule has 3 aromatic rings. The first-order valence-electron chi connectivity index (χ1n) is 9.86. The molecule has 32 heavy (non-hydrogen) atoms. The molecule has 1 aliphatic heterocycles.